The fourth-order valence-electron chi connectivity index (χ4n) is 1.89. The first-order valence-corrected chi connectivity index (χ1v) is 6.61. The van der Waals surface area contributed by atoms with E-state index in [1.165, 1.54) is 11.3 Å². The van der Waals surface area contributed by atoms with Crippen LogP contribution >= 0.6 is 11.3 Å². The second-order valence-electron chi connectivity index (χ2n) is 4.49. The lowest BCUT2D eigenvalue weighted by Gasteiger charge is -2.21. The fourth-order valence-corrected chi connectivity index (χ4v) is 2.66. The standard InChI is InChI=1S/C11H11F3N4S/c1-15-9-16-7(6-2-5-19-8(6)17-9)18-10(3-4-10)11(12,13)14/h2,5H,3-4H2,1H3,(H2,15,16,17,18). The van der Waals surface area contributed by atoms with Gasteiger partial charge in [-0.1, -0.05) is 0 Å². The number of halogens is 3. The smallest absolute Gasteiger partial charge is 0.357 e. The van der Waals surface area contributed by atoms with Gasteiger partial charge in [-0.15, -0.1) is 11.3 Å². The number of anilines is 2. The Hall–Kier alpha value is -1.57. The SMILES string of the molecule is CNc1nc(NC2(C(F)(F)F)CC2)c2ccsc2n1. The van der Waals surface area contributed by atoms with Crippen molar-refractivity contribution in [3.05, 3.63) is 11.4 Å². The van der Waals surface area contributed by atoms with Gasteiger partial charge in [0.2, 0.25) is 5.95 Å². The maximum Gasteiger partial charge on any atom is 0.411 e. The Morgan fingerprint density at radius 3 is 2.63 bits per heavy atom. The normalized spacial score (nSPS) is 17.5. The molecule has 2 aromatic rings. The molecule has 3 rings (SSSR count). The summed E-state index contributed by atoms with van der Waals surface area (Å²) in [5, 5.41) is 7.73. The summed E-state index contributed by atoms with van der Waals surface area (Å²) in [6.45, 7) is 0. The van der Waals surface area contributed by atoms with Crippen molar-refractivity contribution in [2.45, 2.75) is 24.6 Å². The number of alkyl halides is 3. The molecule has 19 heavy (non-hydrogen) atoms. The first-order valence-electron chi connectivity index (χ1n) is 5.73. The summed E-state index contributed by atoms with van der Waals surface area (Å²) >= 11 is 1.37. The van der Waals surface area contributed by atoms with Crippen molar-refractivity contribution in [2.75, 3.05) is 17.7 Å². The third-order valence-electron chi connectivity index (χ3n) is 3.20. The summed E-state index contributed by atoms with van der Waals surface area (Å²) in [5.74, 6) is 0.556. The molecule has 2 N–H and O–H groups in total. The van der Waals surface area contributed by atoms with Crippen molar-refractivity contribution >= 4 is 33.3 Å². The summed E-state index contributed by atoms with van der Waals surface area (Å²) in [6, 6.07) is 1.73. The highest BCUT2D eigenvalue weighted by Crippen LogP contribution is 2.51. The van der Waals surface area contributed by atoms with Crippen molar-refractivity contribution in [3.63, 3.8) is 0 Å². The van der Waals surface area contributed by atoms with E-state index < -0.39 is 11.7 Å². The molecule has 1 fully saturated rings. The van der Waals surface area contributed by atoms with Crippen LogP contribution in [0.4, 0.5) is 24.9 Å². The Kier molecular flexibility index (Phi) is 2.60. The predicted molar refractivity (Wildman–Crippen MR) is 68.6 cm³/mol. The van der Waals surface area contributed by atoms with Gasteiger partial charge < -0.3 is 10.6 Å². The lowest BCUT2D eigenvalue weighted by Crippen LogP contribution is -2.39. The number of hydrogen-bond donors (Lipinski definition) is 2. The van der Waals surface area contributed by atoms with Gasteiger partial charge in [0.25, 0.3) is 0 Å². The highest BCUT2D eigenvalue weighted by atomic mass is 32.1. The average Bonchev–Trinajstić information content (AvgIpc) is 2.98. The topological polar surface area (TPSA) is 49.8 Å². The van der Waals surface area contributed by atoms with E-state index in [4.69, 9.17) is 0 Å². The molecule has 1 aliphatic carbocycles. The minimum absolute atomic E-state index is 0.0843. The minimum Gasteiger partial charge on any atom is -0.357 e. The van der Waals surface area contributed by atoms with Crippen molar-refractivity contribution in [1.29, 1.82) is 0 Å². The molecule has 0 amide bonds. The highest BCUT2D eigenvalue weighted by Gasteiger charge is 2.63. The number of fused-ring (bicyclic) bond motifs is 1. The van der Waals surface area contributed by atoms with Crippen LogP contribution in [0.1, 0.15) is 12.8 Å². The molecule has 0 unspecified atom stereocenters. The van der Waals surface area contributed by atoms with Crippen molar-refractivity contribution in [1.82, 2.24) is 9.97 Å². The molecule has 0 aliphatic heterocycles. The first-order chi connectivity index (χ1) is 8.95. The Labute approximate surface area is 111 Å². The van der Waals surface area contributed by atoms with E-state index in [0.29, 0.717) is 16.2 Å². The Morgan fingerprint density at radius 1 is 1.32 bits per heavy atom. The molecule has 1 aliphatic rings. The molecule has 0 radical (unpaired) electrons. The zero-order chi connectivity index (χ0) is 13.7. The van der Waals surface area contributed by atoms with Crippen LogP contribution < -0.4 is 10.6 Å². The predicted octanol–water partition coefficient (Wildman–Crippen LogP) is 3.24. The molecule has 1 saturated carbocycles. The zero-order valence-electron chi connectivity index (χ0n) is 10.0. The Morgan fingerprint density at radius 2 is 2.05 bits per heavy atom. The van der Waals surface area contributed by atoms with Gasteiger partial charge in [-0.3, -0.25) is 0 Å². The summed E-state index contributed by atoms with van der Waals surface area (Å²) in [5.41, 5.74) is -1.82. The number of hydrogen-bond acceptors (Lipinski definition) is 5. The van der Waals surface area contributed by atoms with E-state index in [9.17, 15) is 13.2 Å². The van der Waals surface area contributed by atoms with E-state index in [1.807, 2.05) is 0 Å². The number of aromatic nitrogens is 2. The second-order valence-corrected chi connectivity index (χ2v) is 5.38. The Balaban J connectivity index is 2.03. The van der Waals surface area contributed by atoms with Crippen LogP contribution in [0.15, 0.2) is 11.4 Å². The van der Waals surface area contributed by atoms with Crippen LogP contribution in [0.3, 0.4) is 0 Å². The number of nitrogens with one attached hydrogen (secondary N) is 2. The van der Waals surface area contributed by atoms with Gasteiger partial charge in [-0.2, -0.15) is 18.2 Å². The molecular formula is C11H11F3N4S. The second kappa shape index (κ2) is 3.96. The van der Waals surface area contributed by atoms with Gasteiger partial charge in [0.15, 0.2) is 0 Å². The molecule has 0 spiro atoms. The highest BCUT2D eigenvalue weighted by molar-refractivity contribution is 7.16. The maximum absolute atomic E-state index is 13.0. The zero-order valence-corrected chi connectivity index (χ0v) is 10.8. The van der Waals surface area contributed by atoms with Gasteiger partial charge >= 0.3 is 6.18 Å². The maximum atomic E-state index is 13.0. The molecule has 8 heteroatoms. The molecule has 0 bridgehead atoms. The van der Waals surface area contributed by atoms with E-state index >= 15 is 0 Å². The lowest BCUT2D eigenvalue weighted by molar-refractivity contribution is -0.151. The summed E-state index contributed by atoms with van der Waals surface area (Å²) in [6.07, 6.45) is -4.10. The van der Waals surface area contributed by atoms with Crippen molar-refractivity contribution < 1.29 is 13.2 Å². The molecule has 0 saturated heterocycles. The van der Waals surface area contributed by atoms with E-state index in [0.717, 1.165) is 0 Å². The monoisotopic (exact) mass is 288 g/mol. The average molecular weight is 288 g/mol. The lowest BCUT2D eigenvalue weighted by atomic mass is 10.2. The molecule has 2 heterocycles. The molecular weight excluding hydrogens is 277 g/mol. The Bertz CT molecular complexity index is 618. The molecule has 0 atom stereocenters. The van der Waals surface area contributed by atoms with Gasteiger partial charge in [-0.05, 0) is 24.3 Å². The van der Waals surface area contributed by atoms with Gasteiger partial charge in [0.1, 0.15) is 16.2 Å². The molecule has 4 nitrogen and oxygen atoms in total. The number of rotatable bonds is 3. The van der Waals surface area contributed by atoms with Crippen molar-refractivity contribution in [2.24, 2.45) is 0 Å². The summed E-state index contributed by atoms with van der Waals surface area (Å²) in [7, 11) is 1.63. The van der Waals surface area contributed by atoms with Crippen LogP contribution in [0.25, 0.3) is 10.2 Å². The quantitative estimate of drug-likeness (QED) is 0.910. The number of thiophene rings is 1. The molecule has 0 aromatic carbocycles. The largest absolute Gasteiger partial charge is 0.411 e. The summed E-state index contributed by atoms with van der Waals surface area (Å²) < 4.78 is 38.9. The van der Waals surface area contributed by atoms with Crippen LogP contribution in [-0.2, 0) is 0 Å². The molecule has 102 valence electrons. The van der Waals surface area contributed by atoms with Gasteiger partial charge in [0.05, 0.1) is 5.39 Å². The van der Waals surface area contributed by atoms with Gasteiger partial charge in [-0.25, -0.2) is 4.98 Å². The third-order valence-corrected chi connectivity index (χ3v) is 4.01. The van der Waals surface area contributed by atoms with E-state index in [2.05, 4.69) is 20.6 Å². The van der Waals surface area contributed by atoms with Gasteiger partial charge in [0, 0.05) is 7.05 Å². The third kappa shape index (κ3) is 1.99. The van der Waals surface area contributed by atoms with Crippen LogP contribution in [0, 0.1) is 0 Å². The fraction of sp³-hybridized carbons (Fsp3) is 0.455. The summed E-state index contributed by atoms with van der Waals surface area (Å²) in [4.78, 5) is 8.97. The molecule has 2 aromatic heterocycles. The van der Waals surface area contributed by atoms with Crippen LogP contribution in [0.2, 0.25) is 0 Å². The first kappa shape index (κ1) is 12.5. The van der Waals surface area contributed by atoms with E-state index in [1.54, 1.807) is 18.5 Å². The van der Waals surface area contributed by atoms with Crippen LogP contribution in [-0.4, -0.2) is 28.7 Å². The number of nitrogens with zero attached hydrogens (tertiary/aromatic N) is 2. The van der Waals surface area contributed by atoms with E-state index in [-0.39, 0.29) is 18.7 Å². The van der Waals surface area contributed by atoms with Crippen LogP contribution in [0.5, 0.6) is 0 Å². The van der Waals surface area contributed by atoms with Crippen molar-refractivity contribution in [3.8, 4) is 0 Å². The minimum atomic E-state index is -4.26.